The average Bonchev–Trinajstić information content (AvgIpc) is 2.41. The second-order valence-electron chi connectivity index (χ2n) is 3.76. The minimum absolute atomic E-state index is 0.301. The van der Waals surface area contributed by atoms with Crippen molar-refractivity contribution >= 4 is 6.29 Å². The van der Waals surface area contributed by atoms with E-state index in [2.05, 4.69) is 6.07 Å². The van der Waals surface area contributed by atoms with Gasteiger partial charge < -0.3 is 4.79 Å². The van der Waals surface area contributed by atoms with Crippen LogP contribution >= 0.6 is 0 Å². The quantitative estimate of drug-likeness (QED) is 0.748. The molecule has 0 saturated heterocycles. The first-order chi connectivity index (χ1) is 8.35. The normalized spacial score (nSPS) is 11.5. The second kappa shape index (κ2) is 5.09. The second-order valence-corrected chi connectivity index (χ2v) is 3.76. The van der Waals surface area contributed by atoms with Crippen LogP contribution in [0.25, 0.3) is 0 Å². The van der Waals surface area contributed by atoms with Crippen LogP contribution in [0.5, 0.6) is 0 Å². The van der Waals surface area contributed by atoms with Crippen LogP contribution in [0.3, 0.4) is 0 Å². The van der Waals surface area contributed by atoms with E-state index in [9.17, 15) is 4.79 Å². The molecule has 1 atom stereocenters. The molecule has 0 fully saturated rings. The van der Waals surface area contributed by atoms with Gasteiger partial charge >= 0.3 is 0 Å². The van der Waals surface area contributed by atoms with E-state index in [4.69, 9.17) is 5.26 Å². The molecule has 2 nitrogen and oxygen atoms in total. The van der Waals surface area contributed by atoms with Crippen LogP contribution in [0.1, 0.15) is 22.6 Å². The van der Waals surface area contributed by atoms with Gasteiger partial charge in [-0.25, -0.2) is 0 Å². The van der Waals surface area contributed by atoms with Crippen molar-refractivity contribution < 1.29 is 4.79 Å². The Kier molecular flexibility index (Phi) is 3.32. The third-order valence-electron chi connectivity index (χ3n) is 2.67. The van der Waals surface area contributed by atoms with Gasteiger partial charge in [-0.15, -0.1) is 0 Å². The molecule has 2 rings (SSSR count). The molecule has 2 aromatic carbocycles. The molecule has 0 radical (unpaired) electrons. The molecule has 0 aliphatic rings. The van der Waals surface area contributed by atoms with Crippen LogP contribution in [0.4, 0.5) is 0 Å². The smallest absolute Gasteiger partial charge is 0.131 e. The number of aldehydes is 1. The predicted octanol–water partition coefficient (Wildman–Crippen LogP) is 2.89. The number of benzene rings is 2. The van der Waals surface area contributed by atoms with Gasteiger partial charge in [-0.05, 0) is 23.3 Å². The Morgan fingerprint density at radius 1 is 1.00 bits per heavy atom. The van der Waals surface area contributed by atoms with Crippen molar-refractivity contribution in [2.45, 2.75) is 5.92 Å². The summed E-state index contributed by atoms with van der Waals surface area (Å²) < 4.78 is 0. The average molecular weight is 221 g/mol. The SMILES string of the molecule is N#Cc1cccc(C(C=O)c2ccccc2)c1. The summed E-state index contributed by atoms with van der Waals surface area (Å²) in [5.41, 5.74) is 2.37. The zero-order valence-corrected chi connectivity index (χ0v) is 9.21. The van der Waals surface area contributed by atoms with Crippen molar-refractivity contribution in [3.8, 4) is 6.07 Å². The molecule has 2 aromatic rings. The van der Waals surface area contributed by atoms with Gasteiger partial charge in [0.2, 0.25) is 0 Å². The molecule has 17 heavy (non-hydrogen) atoms. The fourth-order valence-electron chi connectivity index (χ4n) is 1.81. The van der Waals surface area contributed by atoms with Gasteiger partial charge in [-0.2, -0.15) is 5.26 Å². The number of hydrogen-bond acceptors (Lipinski definition) is 2. The van der Waals surface area contributed by atoms with Crippen molar-refractivity contribution in [2.24, 2.45) is 0 Å². The van der Waals surface area contributed by atoms with Crippen LogP contribution in [-0.2, 0) is 4.79 Å². The lowest BCUT2D eigenvalue weighted by Gasteiger charge is -2.11. The van der Waals surface area contributed by atoms with E-state index < -0.39 is 0 Å². The maximum absolute atomic E-state index is 11.2. The van der Waals surface area contributed by atoms with E-state index in [0.29, 0.717) is 5.56 Å². The van der Waals surface area contributed by atoms with Crippen LogP contribution in [0.2, 0.25) is 0 Å². The zero-order valence-electron chi connectivity index (χ0n) is 9.21. The van der Waals surface area contributed by atoms with Crippen LogP contribution in [-0.4, -0.2) is 6.29 Å². The van der Waals surface area contributed by atoms with E-state index >= 15 is 0 Å². The highest BCUT2D eigenvalue weighted by atomic mass is 16.1. The standard InChI is InChI=1S/C15H11NO/c16-10-12-5-4-8-14(9-12)15(11-17)13-6-2-1-3-7-13/h1-9,11,15H. The van der Waals surface area contributed by atoms with E-state index in [1.807, 2.05) is 36.4 Å². The molecule has 0 saturated carbocycles. The summed E-state index contributed by atoms with van der Waals surface area (Å²) in [4.78, 5) is 11.2. The minimum Gasteiger partial charge on any atom is -0.302 e. The molecule has 82 valence electrons. The lowest BCUT2D eigenvalue weighted by molar-refractivity contribution is -0.108. The molecule has 0 bridgehead atoms. The van der Waals surface area contributed by atoms with Crippen LogP contribution in [0, 0.1) is 11.3 Å². The number of nitriles is 1. The van der Waals surface area contributed by atoms with Crippen molar-refractivity contribution in [1.82, 2.24) is 0 Å². The minimum atomic E-state index is -0.301. The molecular formula is C15H11NO. The summed E-state index contributed by atoms with van der Waals surface area (Å²) in [6, 6.07) is 18.8. The molecule has 0 N–H and O–H groups in total. The van der Waals surface area contributed by atoms with Crippen molar-refractivity contribution in [1.29, 1.82) is 5.26 Å². The van der Waals surface area contributed by atoms with Gasteiger partial charge in [-0.3, -0.25) is 0 Å². The molecular weight excluding hydrogens is 210 g/mol. The number of nitrogens with zero attached hydrogens (tertiary/aromatic N) is 1. The molecule has 0 aliphatic carbocycles. The van der Waals surface area contributed by atoms with Gasteiger partial charge in [-0.1, -0.05) is 42.5 Å². The number of carbonyl (C=O) groups excluding carboxylic acids is 1. The number of carbonyl (C=O) groups is 1. The maximum Gasteiger partial charge on any atom is 0.131 e. The third kappa shape index (κ3) is 2.40. The molecule has 0 amide bonds. The lowest BCUT2D eigenvalue weighted by atomic mass is 9.92. The van der Waals surface area contributed by atoms with E-state index in [1.165, 1.54) is 0 Å². The Bertz CT molecular complexity index is 555. The van der Waals surface area contributed by atoms with E-state index in [1.54, 1.807) is 18.2 Å². The fourth-order valence-corrected chi connectivity index (χ4v) is 1.81. The van der Waals surface area contributed by atoms with Gasteiger partial charge in [0.1, 0.15) is 6.29 Å². The number of hydrogen-bond donors (Lipinski definition) is 0. The molecule has 0 aromatic heterocycles. The van der Waals surface area contributed by atoms with Crippen molar-refractivity contribution in [3.63, 3.8) is 0 Å². The first-order valence-corrected chi connectivity index (χ1v) is 5.35. The summed E-state index contributed by atoms with van der Waals surface area (Å²) in [6.45, 7) is 0. The Morgan fingerprint density at radius 3 is 2.35 bits per heavy atom. The summed E-state index contributed by atoms with van der Waals surface area (Å²) in [5, 5.41) is 8.85. The predicted molar refractivity (Wildman–Crippen MR) is 65.5 cm³/mol. The van der Waals surface area contributed by atoms with Crippen molar-refractivity contribution in [3.05, 3.63) is 71.3 Å². The van der Waals surface area contributed by atoms with Crippen LogP contribution in [0.15, 0.2) is 54.6 Å². The third-order valence-corrected chi connectivity index (χ3v) is 2.67. The monoisotopic (exact) mass is 221 g/mol. The molecule has 2 heteroatoms. The lowest BCUT2D eigenvalue weighted by Crippen LogP contribution is -2.02. The van der Waals surface area contributed by atoms with E-state index in [0.717, 1.165) is 17.4 Å². The highest BCUT2D eigenvalue weighted by molar-refractivity contribution is 5.68. The molecule has 0 heterocycles. The Morgan fingerprint density at radius 2 is 1.71 bits per heavy atom. The van der Waals surface area contributed by atoms with Gasteiger partial charge in [0, 0.05) is 0 Å². The largest absolute Gasteiger partial charge is 0.302 e. The summed E-state index contributed by atoms with van der Waals surface area (Å²) in [5.74, 6) is -0.301. The summed E-state index contributed by atoms with van der Waals surface area (Å²) in [6.07, 6.45) is 0.909. The number of rotatable bonds is 3. The Labute approximate surface area is 100 Å². The summed E-state index contributed by atoms with van der Waals surface area (Å²) >= 11 is 0. The molecule has 0 aliphatic heterocycles. The summed E-state index contributed by atoms with van der Waals surface area (Å²) in [7, 11) is 0. The van der Waals surface area contributed by atoms with Gasteiger partial charge in [0.05, 0.1) is 17.6 Å². The van der Waals surface area contributed by atoms with Gasteiger partial charge in [0.15, 0.2) is 0 Å². The zero-order chi connectivity index (χ0) is 12.1. The Balaban J connectivity index is 2.43. The van der Waals surface area contributed by atoms with Crippen LogP contribution < -0.4 is 0 Å². The maximum atomic E-state index is 11.2. The Hall–Kier alpha value is -2.40. The fraction of sp³-hybridized carbons (Fsp3) is 0.0667. The first-order valence-electron chi connectivity index (χ1n) is 5.35. The highest BCUT2D eigenvalue weighted by Gasteiger charge is 2.12. The highest BCUT2D eigenvalue weighted by Crippen LogP contribution is 2.22. The first kappa shape index (κ1) is 11.1. The molecule has 1 unspecified atom stereocenters. The van der Waals surface area contributed by atoms with E-state index in [-0.39, 0.29) is 5.92 Å². The molecule has 0 spiro atoms. The van der Waals surface area contributed by atoms with Gasteiger partial charge in [0.25, 0.3) is 0 Å². The topological polar surface area (TPSA) is 40.9 Å². The van der Waals surface area contributed by atoms with Crippen molar-refractivity contribution in [2.75, 3.05) is 0 Å².